The van der Waals surface area contributed by atoms with E-state index in [9.17, 15) is 9.90 Å². The minimum Gasteiger partial charge on any atom is -0.395 e. The summed E-state index contributed by atoms with van der Waals surface area (Å²) in [5.74, 6) is 0.842. The molecule has 2 aliphatic rings. The zero-order chi connectivity index (χ0) is 27.2. The van der Waals surface area contributed by atoms with Crippen LogP contribution in [0.15, 0.2) is 48.8 Å². The van der Waals surface area contributed by atoms with Crippen molar-refractivity contribution in [1.82, 2.24) is 24.3 Å². The van der Waals surface area contributed by atoms with Gasteiger partial charge in [-0.1, -0.05) is 44.4 Å². The summed E-state index contributed by atoms with van der Waals surface area (Å²) in [5.41, 5.74) is 4.53. The van der Waals surface area contributed by atoms with Crippen LogP contribution in [0.1, 0.15) is 74.3 Å². The molecule has 0 spiro atoms. The summed E-state index contributed by atoms with van der Waals surface area (Å²) in [6.07, 6.45) is 13.7. The number of carbonyl (C=O) groups is 1. The molecule has 1 unspecified atom stereocenters. The minimum absolute atomic E-state index is 0.0319. The molecule has 2 saturated heterocycles. The lowest BCUT2D eigenvalue weighted by molar-refractivity contribution is 0.0531. The molecular weight excluding hydrogens is 486 g/mol. The van der Waals surface area contributed by atoms with E-state index < -0.39 is 0 Å². The van der Waals surface area contributed by atoms with Crippen LogP contribution >= 0.6 is 0 Å². The predicted molar refractivity (Wildman–Crippen MR) is 155 cm³/mol. The van der Waals surface area contributed by atoms with Gasteiger partial charge >= 0.3 is 0 Å². The Bertz CT molecular complexity index is 1230. The van der Waals surface area contributed by atoms with Crippen molar-refractivity contribution in [3.63, 3.8) is 0 Å². The Labute approximate surface area is 232 Å². The van der Waals surface area contributed by atoms with Gasteiger partial charge in [-0.25, -0.2) is 4.98 Å². The van der Waals surface area contributed by atoms with Crippen LogP contribution in [0.5, 0.6) is 0 Å². The summed E-state index contributed by atoms with van der Waals surface area (Å²) in [6.45, 7) is 4.96. The van der Waals surface area contributed by atoms with Crippen molar-refractivity contribution in [2.24, 2.45) is 7.05 Å². The third-order valence-electron chi connectivity index (χ3n) is 8.59. The average Bonchev–Trinajstić information content (AvgIpc) is 3.60. The number of aliphatic hydroxyl groups is 1. The molecule has 2 fully saturated rings. The molecule has 7 nitrogen and oxygen atoms in total. The molecule has 0 saturated carbocycles. The molecule has 1 N–H and O–H groups in total. The third kappa shape index (κ3) is 6.10. The van der Waals surface area contributed by atoms with E-state index >= 15 is 0 Å². The summed E-state index contributed by atoms with van der Waals surface area (Å²) in [5, 5.41) is 9.78. The van der Waals surface area contributed by atoms with Crippen molar-refractivity contribution in [1.29, 1.82) is 0 Å². The number of carbonyl (C=O) groups excluding carboxylic acids is 1. The molecule has 5 rings (SSSR count). The van der Waals surface area contributed by atoms with Gasteiger partial charge in [-0.15, -0.1) is 0 Å². The van der Waals surface area contributed by atoms with Gasteiger partial charge in [-0.2, -0.15) is 0 Å². The van der Waals surface area contributed by atoms with E-state index in [1.807, 2.05) is 28.6 Å². The highest BCUT2D eigenvalue weighted by Crippen LogP contribution is 2.32. The molecule has 4 heterocycles. The lowest BCUT2D eigenvalue weighted by Gasteiger charge is -2.39. The number of aliphatic hydroxyl groups excluding tert-OH is 1. The first-order valence-electron chi connectivity index (χ1n) is 14.8. The highest BCUT2D eigenvalue weighted by Gasteiger charge is 2.35. The molecule has 1 atom stereocenters. The fourth-order valence-corrected chi connectivity index (χ4v) is 6.41. The Kier molecular flexibility index (Phi) is 9.09. The molecule has 0 bridgehead atoms. The van der Waals surface area contributed by atoms with Crippen LogP contribution in [0.2, 0.25) is 0 Å². The van der Waals surface area contributed by atoms with Crippen molar-refractivity contribution >= 4 is 5.91 Å². The van der Waals surface area contributed by atoms with Crippen molar-refractivity contribution in [3.05, 3.63) is 60.0 Å². The molecule has 3 aromatic rings. The highest BCUT2D eigenvalue weighted by atomic mass is 16.3. The Morgan fingerprint density at radius 2 is 1.85 bits per heavy atom. The predicted octanol–water partition coefficient (Wildman–Crippen LogP) is 5.33. The lowest BCUT2D eigenvalue weighted by atomic mass is 10.0. The molecule has 1 amide bonds. The van der Waals surface area contributed by atoms with Gasteiger partial charge in [0.25, 0.3) is 5.91 Å². The van der Waals surface area contributed by atoms with Gasteiger partial charge in [0, 0.05) is 55.7 Å². The first-order chi connectivity index (χ1) is 19.1. The topological polar surface area (TPSA) is 74.5 Å². The van der Waals surface area contributed by atoms with E-state index in [4.69, 9.17) is 4.98 Å². The van der Waals surface area contributed by atoms with Crippen LogP contribution in [0, 0.1) is 0 Å². The first kappa shape index (κ1) is 27.5. The second kappa shape index (κ2) is 12.9. The van der Waals surface area contributed by atoms with E-state index in [-0.39, 0.29) is 18.6 Å². The summed E-state index contributed by atoms with van der Waals surface area (Å²) < 4.78 is 1.98. The van der Waals surface area contributed by atoms with Crippen LogP contribution in [-0.2, 0) is 13.5 Å². The Morgan fingerprint density at radius 3 is 2.59 bits per heavy atom. The second-order valence-electron chi connectivity index (χ2n) is 11.2. The molecule has 0 aliphatic carbocycles. The smallest absolute Gasteiger partial charge is 0.272 e. The number of rotatable bonds is 10. The monoisotopic (exact) mass is 529 g/mol. The van der Waals surface area contributed by atoms with Gasteiger partial charge in [0.05, 0.1) is 6.61 Å². The average molecular weight is 530 g/mol. The molecule has 2 aliphatic heterocycles. The molecule has 39 heavy (non-hydrogen) atoms. The van der Waals surface area contributed by atoms with Crippen molar-refractivity contribution in [2.45, 2.75) is 76.8 Å². The largest absolute Gasteiger partial charge is 0.395 e. The summed E-state index contributed by atoms with van der Waals surface area (Å²) in [4.78, 5) is 27.9. The number of hydrogen-bond acceptors (Lipinski definition) is 5. The molecular formula is C32H43N5O2. The first-order valence-corrected chi connectivity index (χ1v) is 14.8. The number of likely N-dealkylation sites (tertiary alicyclic amines) is 2. The maximum absolute atomic E-state index is 14.1. The van der Waals surface area contributed by atoms with Gasteiger partial charge in [-0.3, -0.25) is 14.7 Å². The zero-order valence-electron chi connectivity index (χ0n) is 23.6. The van der Waals surface area contributed by atoms with Crippen molar-refractivity contribution in [2.75, 3.05) is 26.2 Å². The number of aromatic nitrogens is 3. The third-order valence-corrected chi connectivity index (χ3v) is 8.59. The number of nitrogens with zero attached hydrogens (tertiary/aromatic N) is 5. The standard InChI is InChI=1S/C32H43N5O2/c1-3-4-5-6-10-24-11-7-12-25(21-24)31-34-29(26-13-8-17-33-22-26)30(35(31)2)32(39)36-19-15-27(16-20-36)37-18-9-14-28(37)23-38/h7-8,11-13,17,21-22,27-28,38H,3-6,9-10,14-16,18-20,23H2,1-2H3. The maximum Gasteiger partial charge on any atom is 0.272 e. The Hall–Kier alpha value is -3.03. The molecule has 0 radical (unpaired) electrons. The van der Waals surface area contributed by atoms with Gasteiger partial charge < -0.3 is 14.6 Å². The Balaban J connectivity index is 1.40. The van der Waals surface area contributed by atoms with E-state index in [0.29, 0.717) is 17.4 Å². The van der Waals surface area contributed by atoms with E-state index in [2.05, 4.69) is 41.1 Å². The van der Waals surface area contributed by atoms with Gasteiger partial charge in [0.1, 0.15) is 17.2 Å². The SMILES string of the molecule is CCCCCCc1cccc(-c2nc(-c3cccnc3)c(C(=O)N3CCC(N4CCCC4CO)CC3)n2C)c1. The van der Waals surface area contributed by atoms with E-state index in [1.165, 1.54) is 31.2 Å². The van der Waals surface area contributed by atoms with Crippen molar-refractivity contribution in [3.8, 4) is 22.6 Å². The van der Waals surface area contributed by atoms with Crippen LogP contribution in [0.3, 0.4) is 0 Å². The number of amides is 1. The van der Waals surface area contributed by atoms with Crippen LogP contribution in [-0.4, -0.2) is 73.7 Å². The van der Waals surface area contributed by atoms with Crippen LogP contribution in [0.4, 0.5) is 0 Å². The summed E-state index contributed by atoms with van der Waals surface area (Å²) in [7, 11) is 1.96. The number of hydrogen-bond donors (Lipinski definition) is 1. The lowest BCUT2D eigenvalue weighted by Crippen LogP contribution is -2.49. The summed E-state index contributed by atoms with van der Waals surface area (Å²) >= 11 is 0. The number of piperidine rings is 1. The van der Waals surface area contributed by atoms with E-state index in [1.54, 1.807) is 12.4 Å². The quantitative estimate of drug-likeness (QED) is 0.359. The van der Waals surface area contributed by atoms with E-state index in [0.717, 1.165) is 68.7 Å². The summed E-state index contributed by atoms with van der Waals surface area (Å²) in [6, 6.07) is 13.2. The van der Waals surface area contributed by atoms with Gasteiger partial charge in [-0.05, 0) is 68.8 Å². The fourth-order valence-electron chi connectivity index (χ4n) is 6.41. The van der Waals surface area contributed by atoms with Crippen LogP contribution in [0.25, 0.3) is 22.6 Å². The number of imidazole rings is 1. The zero-order valence-corrected chi connectivity index (χ0v) is 23.6. The van der Waals surface area contributed by atoms with Gasteiger partial charge in [0.15, 0.2) is 0 Å². The number of aryl methyl sites for hydroxylation is 1. The number of benzene rings is 1. The number of unbranched alkanes of at least 4 members (excludes halogenated alkanes) is 3. The number of pyridine rings is 1. The minimum atomic E-state index is 0.0319. The molecule has 208 valence electrons. The fraction of sp³-hybridized carbons (Fsp3) is 0.531. The Morgan fingerprint density at radius 1 is 1.03 bits per heavy atom. The second-order valence-corrected chi connectivity index (χ2v) is 11.2. The van der Waals surface area contributed by atoms with Gasteiger partial charge in [0.2, 0.25) is 0 Å². The molecule has 2 aromatic heterocycles. The molecule has 7 heteroatoms. The maximum atomic E-state index is 14.1. The molecule has 1 aromatic carbocycles. The van der Waals surface area contributed by atoms with Crippen molar-refractivity contribution < 1.29 is 9.90 Å². The highest BCUT2D eigenvalue weighted by molar-refractivity contribution is 5.99. The normalized spacial score (nSPS) is 18.6. The van der Waals surface area contributed by atoms with Crippen LogP contribution < -0.4 is 0 Å².